The van der Waals surface area contributed by atoms with Gasteiger partial charge in [-0.1, -0.05) is 30.0 Å². The number of esters is 1. The molecule has 3 heterocycles. The van der Waals surface area contributed by atoms with Crippen molar-refractivity contribution in [2.75, 3.05) is 10.0 Å². The Morgan fingerprint density at radius 3 is 2.52 bits per heavy atom. The number of furan rings is 1. The maximum absolute atomic E-state index is 13.0. The van der Waals surface area contributed by atoms with Crippen molar-refractivity contribution in [1.29, 1.82) is 0 Å². The van der Waals surface area contributed by atoms with Crippen LogP contribution in [0.15, 0.2) is 87.8 Å². The number of nitrogens with one attached hydrogen (secondary N) is 3. The molecule has 1 unspecified atom stereocenters. The summed E-state index contributed by atoms with van der Waals surface area (Å²) in [5.74, 6) is -1.16. The lowest BCUT2D eigenvalue weighted by Crippen LogP contribution is -2.30. The minimum atomic E-state index is -3.93. The second-order valence-electron chi connectivity index (χ2n) is 8.22. The van der Waals surface area contributed by atoms with Crippen molar-refractivity contribution < 1.29 is 27.2 Å². The minimum Gasteiger partial charge on any atom is -0.449 e. The number of para-hydroxylation sites is 1. The largest absolute Gasteiger partial charge is 0.449 e. The van der Waals surface area contributed by atoms with Gasteiger partial charge in [0, 0.05) is 34.8 Å². The van der Waals surface area contributed by atoms with Crippen molar-refractivity contribution in [3.05, 3.63) is 84.6 Å². The molecule has 0 fully saturated rings. The summed E-state index contributed by atoms with van der Waals surface area (Å²) >= 11 is 1.33. The molecule has 0 aliphatic rings. The van der Waals surface area contributed by atoms with Crippen LogP contribution in [0.5, 0.6) is 0 Å². The summed E-state index contributed by atoms with van der Waals surface area (Å²) in [5.41, 5.74) is 1.40. The van der Waals surface area contributed by atoms with Gasteiger partial charge in [-0.25, -0.2) is 32.9 Å². The second kappa shape index (κ2) is 11.5. The van der Waals surface area contributed by atoms with Crippen LogP contribution in [0.1, 0.15) is 23.0 Å². The molecule has 5 aromatic rings. The fourth-order valence-corrected chi connectivity index (χ4v) is 5.34. The van der Waals surface area contributed by atoms with E-state index in [1.165, 1.54) is 61.7 Å². The fourth-order valence-electron chi connectivity index (χ4n) is 3.57. The molecular formula is C25H21N7O6S2. The molecule has 0 spiro atoms. The monoisotopic (exact) mass is 579 g/mol. The third kappa shape index (κ3) is 6.10. The van der Waals surface area contributed by atoms with Gasteiger partial charge in [-0.3, -0.25) is 9.89 Å². The lowest BCUT2D eigenvalue weighted by Gasteiger charge is -2.14. The van der Waals surface area contributed by atoms with Crippen molar-refractivity contribution in [3.8, 4) is 0 Å². The van der Waals surface area contributed by atoms with Crippen LogP contribution in [0.25, 0.3) is 11.0 Å². The van der Waals surface area contributed by atoms with Gasteiger partial charge in [0.25, 0.3) is 15.9 Å². The standard InChI is InChI=1S/C25H21N7O6S2/c1-15(22(33)30-16-7-9-17(10-8-16)40(35,36)32-24-26-11-4-12-27-24)37-23(34)21-19(13-39-25-28-14-29-31-25)18-5-2-3-6-20(18)38-21/h2-12,14-15H,13H2,1H3,(H,30,33)(H,26,27,32)(H,28,29,31). The van der Waals surface area contributed by atoms with Crippen molar-refractivity contribution in [2.24, 2.45) is 0 Å². The van der Waals surface area contributed by atoms with Gasteiger partial charge in [-0.2, -0.15) is 5.10 Å². The normalized spacial score (nSPS) is 12.1. The summed E-state index contributed by atoms with van der Waals surface area (Å²) in [6.45, 7) is 1.42. The van der Waals surface area contributed by atoms with E-state index in [0.29, 0.717) is 27.7 Å². The molecule has 3 N–H and O–H groups in total. The van der Waals surface area contributed by atoms with Crippen molar-refractivity contribution >= 4 is 56.3 Å². The first-order valence-electron chi connectivity index (χ1n) is 11.7. The van der Waals surface area contributed by atoms with Crippen molar-refractivity contribution in [1.82, 2.24) is 25.1 Å². The van der Waals surface area contributed by atoms with Gasteiger partial charge in [0.2, 0.25) is 11.7 Å². The maximum atomic E-state index is 13.0. The number of H-pyrrole nitrogens is 1. The Morgan fingerprint density at radius 2 is 1.80 bits per heavy atom. The third-order valence-electron chi connectivity index (χ3n) is 5.51. The van der Waals surface area contributed by atoms with E-state index in [1.54, 1.807) is 18.2 Å². The highest BCUT2D eigenvalue weighted by atomic mass is 32.2. The number of thioether (sulfide) groups is 1. The van der Waals surface area contributed by atoms with E-state index in [4.69, 9.17) is 9.15 Å². The summed E-state index contributed by atoms with van der Waals surface area (Å²) in [6, 6.07) is 14.2. The molecule has 0 aliphatic carbocycles. The van der Waals surface area contributed by atoms with Gasteiger partial charge in [-0.15, -0.1) is 0 Å². The molecule has 3 aromatic heterocycles. The second-order valence-corrected chi connectivity index (χ2v) is 10.9. The van der Waals surface area contributed by atoms with Crippen LogP contribution in [0.3, 0.4) is 0 Å². The van der Waals surface area contributed by atoms with E-state index >= 15 is 0 Å². The molecule has 13 nitrogen and oxygen atoms in total. The van der Waals surface area contributed by atoms with Gasteiger partial charge in [-0.05, 0) is 43.3 Å². The van der Waals surface area contributed by atoms with Crippen molar-refractivity contribution in [2.45, 2.75) is 28.8 Å². The molecular weight excluding hydrogens is 558 g/mol. The van der Waals surface area contributed by atoms with Gasteiger partial charge in [0.1, 0.15) is 11.9 Å². The molecule has 0 saturated carbocycles. The van der Waals surface area contributed by atoms with Crippen LogP contribution in [0.4, 0.5) is 11.6 Å². The van der Waals surface area contributed by atoms with E-state index in [-0.39, 0.29) is 16.6 Å². The first-order chi connectivity index (χ1) is 19.3. The number of fused-ring (bicyclic) bond motifs is 1. The van der Waals surface area contributed by atoms with E-state index in [0.717, 1.165) is 5.39 Å². The molecule has 0 saturated heterocycles. The average Bonchev–Trinajstić information content (AvgIpc) is 3.60. The number of aromatic amines is 1. The topological polar surface area (TPSA) is 182 Å². The zero-order chi connectivity index (χ0) is 28.1. The predicted molar refractivity (Wildman–Crippen MR) is 145 cm³/mol. The molecule has 2 aromatic carbocycles. The molecule has 0 bridgehead atoms. The van der Waals surface area contributed by atoms with Gasteiger partial charge in [0.05, 0.1) is 4.90 Å². The number of ether oxygens (including phenoxy) is 1. The Bertz CT molecular complexity index is 1740. The molecule has 5 rings (SSSR count). The number of carbonyl (C=O) groups is 2. The molecule has 0 radical (unpaired) electrons. The highest BCUT2D eigenvalue weighted by molar-refractivity contribution is 7.98. The van der Waals surface area contributed by atoms with Gasteiger partial charge >= 0.3 is 5.97 Å². The number of nitrogens with zero attached hydrogens (tertiary/aromatic N) is 4. The Labute approximate surface area is 231 Å². The fraction of sp³-hybridized carbons (Fsp3) is 0.120. The molecule has 15 heteroatoms. The average molecular weight is 580 g/mol. The first kappa shape index (κ1) is 26.8. The van der Waals surface area contributed by atoms with Crippen LogP contribution in [-0.4, -0.2) is 51.5 Å². The van der Waals surface area contributed by atoms with E-state index in [2.05, 4.69) is 35.2 Å². The van der Waals surface area contributed by atoms with Gasteiger partial charge < -0.3 is 14.5 Å². The summed E-state index contributed by atoms with van der Waals surface area (Å²) in [4.78, 5) is 37.5. The SMILES string of the molecule is CC(OC(=O)c1oc2ccccc2c1CSc1ncn[nH]1)C(=O)Nc1ccc(S(=O)(=O)Nc2ncccn2)cc1. The Kier molecular flexibility index (Phi) is 7.75. The molecule has 204 valence electrons. The van der Waals surface area contributed by atoms with Crippen molar-refractivity contribution in [3.63, 3.8) is 0 Å². The number of benzene rings is 2. The number of hydrogen-bond donors (Lipinski definition) is 3. The minimum absolute atomic E-state index is 0.0164. The van der Waals surface area contributed by atoms with Crippen LogP contribution in [-0.2, 0) is 25.3 Å². The zero-order valence-electron chi connectivity index (χ0n) is 20.8. The van der Waals surface area contributed by atoms with E-state index < -0.39 is 28.0 Å². The Balaban J connectivity index is 1.24. The number of amides is 1. The number of rotatable bonds is 10. The van der Waals surface area contributed by atoms with Crippen LogP contribution in [0, 0.1) is 0 Å². The third-order valence-corrected chi connectivity index (χ3v) is 7.75. The number of carbonyl (C=O) groups excluding carboxylic acids is 2. The lowest BCUT2D eigenvalue weighted by atomic mass is 10.1. The molecule has 40 heavy (non-hydrogen) atoms. The predicted octanol–water partition coefficient (Wildman–Crippen LogP) is 3.62. The highest BCUT2D eigenvalue weighted by Gasteiger charge is 2.26. The van der Waals surface area contributed by atoms with E-state index in [1.807, 2.05) is 12.1 Å². The lowest BCUT2D eigenvalue weighted by molar-refractivity contribution is -0.123. The quantitative estimate of drug-likeness (QED) is 0.162. The van der Waals surface area contributed by atoms with E-state index in [9.17, 15) is 18.0 Å². The summed E-state index contributed by atoms with van der Waals surface area (Å²) in [7, 11) is -3.93. The smallest absolute Gasteiger partial charge is 0.375 e. The summed E-state index contributed by atoms with van der Waals surface area (Å²) in [6.07, 6.45) is 3.01. The molecule has 1 atom stereocenters. The Morgan fingerprint density at radius 1 is 1.05 bits per heavy atom. The number of aromatic nitrogens is 5. The number of hydrogen-bond acceptors (Lipinski definition) is 11. The number of anilines is 2. The summed E-state index contributed by atoms with van der Waals surface area (Å²) < 4.78 is 38.6. The summed E-state index contributed by atoms with van der Waals surface area (Å²) in [5, 5.41) is 10.5. The molecule has 1 amide bonds. The highest BCUT2D eigenvalue weighted by Crippen LogP contribution is 2.31. The van der Waals surface area contributed by atoms with Gasteiger partial charge in [0.15, 0.2) is 11.3 Å². The van der Waals surface area contributed by atoms with Crippen LogP contribution >= 0.6 is 11.8 Å². The molecule has 0 aliphatic heterocycles. The zero-order valence-corrected chi connectivity index (χ0v) is 22.4. The Hall–Kier alpha value is -4.76. The maximum Gasteiger partial charge on any atom is 0.375 e. The number of sulfonamides is 1. The van der Waals surface area contributed by atoms with Crippen LogP contribution < -0.4 is 10.0 Å². The first-order valence-corrected chi connectivity index (χ1v) is 14.2. The van der Waals surface area contributed by atoms with Crippen LogP contribution in [0.2, 0.25) is 0 Å².